The van der Waals surface area contributed by atoms with Gasteiger partial charge in [0.05, 0.1) is 12.7 Å². The average Bonchev–Trinajstić information content (AvgIpc) is 1.87. The van der Waals surface area contributed by atoms with Gasteiger partial charge in [-0.25, -0.2) is 0 Å². The van der Waals surface area contributed by atoms with E-state index < -0.39 is 6.10 Å². The van der Waals surface area contributed by atoms with Crippen molar-refractivity contribution < 1.29 is 9.84 Å². The van der Waals surface area contributed by atoms with E-state index in [2.05, 4.69) is 0 Å². The minimum Gasteiger partial charge on any atom is -0.389 e. The lowest BCUT2D eigenvalue weighted by Gasteiger charge is -2.18. The van der Waals surface area contributed by atoms with E-state index in [9.17, 15) is 5.11 Å². The van der Waals surface area contributed by atoms with Crippen LogP contribution in [-0.2, 0) is 4.74 Å². The topological polar surface area (TPSA) is 58.7 Å². The zero-order valence-electron chi connectivity index (χ0n) is 7.29. The van der Waals surface area contributed by atoms with E-state index in [1.807, 2.05) is 11.9 Å². The van der Waals surface area contributed by atoms with Gasteiger partial charge >= 0.3 is 0 Å². The number of rotatable bonds is 6. The molecule has 0 aliphatic rings. The number of aliphatic hydroxyl groups excluding tert-OH is 1. The van der Waals surface area contributed by atoms with Crippen molar-refractivity contribution in [2.24, 2.45) is 5.73 Å². The lowest BCUT2D eigenvalue weighted by atomic mass is 10.3. The Labute approximate surface area is 67.9 Å². The van der Waals surface area contributed by atoms with Crippen molar-refractivity contribution in [3.05, 3.63) is 0 Å². The Morgan fingerprint density at radius 1 is 1.64 bits per heavy atom. The van der Waals surface area contributed by atoms with E-state index in [0.29, 0.717) is 19.7 Å². The minimum atomic E-state index is -0.406. The van der Waals surface area contributed by atoms with Gasteiger partial charge in [0.1, 0.15) is 0 Å². The van der Waals surface area contributed by atoms with Crippen LogP contribution in [0.5, 0.6) is 0 Å². The quantitative estimate of drug-likeness (QED) is 0.519. The SMILES string of the molecule is COCC(O)CN(C)CCN. The number of methoxy groups -OCH3 is 1. The molecule has 0 saturated heterocycles. The van der Waals surface area contributed by atoms with Crippen LogP contribution in [0.3, 0.4) is 0 Å². The number of likely N-dealkylation sites (N-methyl/N-ethyl adjacent to an activating group) is 1. The molecule has 4 heteroatoms. The molecule has 0 amide bonds. The zero-order chi connectivity index (χ0) is 8.69. The van der Waals surface area contributed by atoms with E-state index in [-0.39, 0.29) is 0 Å². The van der Waals surface area contributed by atoms with Crippen LogP contribution in [0.4, 0.5) is 0 Å². The summed E-state index contributed by atoms with van der Waals surface area (Å²) in [6.07, 6.45) is -0.406. The second-order valence-corrected chi connectivity index (χ2v) is 2.66. The molecular formula is C7H18N2O2. The van der Waals surface area contributed by atoms with Gasteiger partial charge in [-0.3, -0.25) is 0 Å². The van der Waals surface area contributed by atoms with Crippen LogP contribution in [0.1, 0.15) is 0 Å². The summed E-state index contributed by atoms with van der Waals surface area (Å²) in [7, 11) is 3.50. The molecule has 0 fully saturated rings. The Morgan fingerprint density at radius 2 is 2.27 bits per heavy atom. The lowest BCUT2D eigenvalue weighted by Crippen LogP contribution is -2.34. The van der Waals surface area contributed by atoms with Crippen molar-refractivity contribution in [2.45, 2.75) is 6.10 Å². The molecular weight excluding hydrogens is 144 g/mol. The van der Waals surface area contributed by atoms with Crippen molar-refractivity contribution >= 4 is 0 Å². The molecule has 0 aromatic rings. The number of hydrogen-bond acceptors (Lipinski definition) is 4. The van der Waals surface area contributed by atoms with Gasteiger partial charge in [0, 0.05) is 26.7 Å². The second kappa shape index (κ2) is 6.54. The highest BCUT2D eigenvalue weighted by molar-refractivity contribution is 4.60. The van der Waals surface area contributed by atoms with Crippen molar-refractivity contribution in [1.29, 1.82) is 0 Å². The highest BCUT2D eigenvalue weighted by atomic mass is 16.5. The Balaban J connectivity index is 3.32. The molecule has 0 heterocycles. The Kier molecular flexibility index (Phi) is 6.45. The highest BCUT2D eigenvalue weighted by Gasteiger charge is 2.05. The van der Waals surface area contributed by atoms with Crippen molar-refractivity contribution in [3.63, 3.8) is 0 Å². The molecule has 1 atom stereocenters. The third kappa shape index (κ3) is 6.25. The summed E-state index contributed by atoms with van der Waals surface area (Å²) in [6, 6.07) is 0. The fourth-order valence-electron chi connectivity index (χ4n) is 0.917. The van der Waals surface area contributed by atoms with Gasteiger partial charge in [0.25, 0.3) is 0 Å². The summed E-state index contributed by atoms with van der Waals surface area (Å²) in [4.78, 5) is 1.98. The molecule has 0 radical (unpaired) electrons. The molecule has 0 aliphatic carbocycles. The van der Waals surface area contributed by atoms with Crippen LogP contribution >= 0.6 is 0 Å². The van der Waals surface area contributed by atoms with Gasteiger partial charge < -0.3 is 20.5 Å². The summed E-state index contributed by atoms with van der Waals surface area (Å²) in [5.74, 6) is 0. The van der Waals surface area contributed by atoms with Crippen LogP contribution < -0.4 is 5.73 Å². The minimum absolute atomic E-state index is 0.384. The third-order valence-corrected chi connectivity index (χ3v) is 1.39. The first-order valence-electron chi connectivity index (χ1n) is 3.76. The monoisotopic (exact) mass is 162 g/mol. The summed E-state index contributed by atoms with van der Waals surface area (Å²) >= 11 is 0. The standard InChI is InChI=1S/C7H18N2O2/c1-9(4-3-8)5-7(10)6-11-2/h7,10H,3-6,8H2,1-2H3. The maximum absolute atomic E-state index is 9.24. The van der Waals surface area contributed by atoms with E-state index in [1.165, 1.54) is 0 Å². The van der Waals surface area contributed by atoms with E-state index in [4.69, 9.17) is 10.5 Å². The predicted molar refractivity (Wildman–Crippen MR) is 44.4 cm³/mol. The molecule has 0 aromatic carbocycles. The number of nitrogens with zero attached hydrogens (tertiary/aromatic N) is 1. The first kappa shape index (κ1) is 10.8. The van der Waals surface area contributed by atoms with Crippen LogP contribution in [0.15, 0.2) is 0 Å². The summed E-state index contributed by atoms with van der Waals surface area (Å²) < 4.78 is 4.77. The lowest BCUT2D eigenvalue weighted by molar-refractivity contribution is 0.0439. The Hall–Kier alpha value is -0.160. The number of hydrogen-bond donors (Lipinski definition) is 2. The highest BCUT2D eigenvalue weighted by Crippen LogP contribution is 1.88. The maximum Gasteiger partial charge on any atom is 0.0899 e. The van der Waals surface area contributed by atoms with Crippen molar-refractivity contribution in [1.82, 2.24) is 4.90 Å². The van der Waals surface area contributed by atoms with Gasteiger partial charge in [-0.05, 0) is 7.05 Å². The first-order valence-corrected chi connectivity index (χ1v) is 3.76. The van der Waals surface area contributed by atoms with E-state index >= 15 is 0 Å². The largest absolute Gasteiger partial charge is 0.389 e. The fraction of sp³-hybridized carbons (Fsp3) is 1.00. The normalized spacial score (nSPS) is 13.9. The Morgan fingerprint density at radius 3 is 2.73 bits per heavy atom. The first-order chi connectivity index (χ1) is 5.20. The van der Waals surface area contributed by atoms with Gasteiger partial charge in [-0.1, -0.05) is 0 Å². The Bertz CT molecular complexity index is 80.5. The third-order valence-electron chi connectivity index (χ3n) is 1.39. The van der Waals surface area contributed by atoms with Crippen molar-refractivity contribution in [3.8, 4) is 0 Å². The molecule has 11 heavy (non-hydrogen) atoms. The van der Waals surface area contributed by atoms with Crippen LogP contribution in [0, 0.1) is 0 Å². The van der Waals surface area contributed by atoms with E-state index in [1.54, 1.807) is 7.11 Å². The van der Waals surface area contributed by atoms with Crippen LogP contribution in [-0.4, -0.2) is 56.5 Å². The smallest absolute Gasteiger partial charge is 0.0899 e. The fourth-order valence-corrected chi connectivity index (χ4v) is 0.917. The van der Waals surface area contributed by atoms with Gasteiger partial charge in [0.15, 0.2) is 0 Å². The molecule has 0 aliphatic heterocycles. The van der Waals surface area contributed by atoms with Crippen LogP contribution in [0.25, 0.3) is 0 Å². The number of ether oxygens (including phenoxy) is 1. The molecule has 0 bridgehead atoms. The number of aliphatic hydroxyl groups is 1. The summed E-state index contributed by atoms with van der Waals surface area (Å²) in [5, 5.41) is 9.24. The van der Waals surface area contributed by atoms with E-state index in [0.717, 1.165) is 6.54 Å². The molecule has 0 aromatic heterocycles. The molecule has 3 N–H and O–H groups in total. The molecule has 68 valence electrons. The predicted octanol–water partition coefficient (Wildman–Crippen LogP) is -1.12. The zero-order valence-corrected chi connectivity index (χ0v) is 7.29. The van der Waals surface area contributed by atoms with Gasteiger partial charge in [0.2, 0.25) is 0 Å². The molecule has 0 saturated carbocycles. The summed E-state index contributed by atoms with van der Waals surface area (Å²) in [5.41, 5.74) is 5.32. The average molecular weight is 162 g/mol. The summed E-state index contributed by atoms with van der Waals surface area (Å²) in [6.45, 7) is 2.43. The van der Waals surface area contributed by atoms with Gasteiger partial charge in [-0.15, -0.1) is 0 Å². The maximum atomic E-state index is 9.24. The molecule has 1 unspecified atom stereocenters. The van der Waals surface area contributed by atoms with Crippen LogP contribution in [0.2, 0.25) is 0 Å². The van der Waals surface area contributed by atoms with Gasteiger partial charge in [-0.2, -0.15) is 0 Å². The van der Waals surface area contributed by atoms with Crippen molar-refractivity contribution in [2.75, 3.05) is 40.4 Å². The molecule has 0 rings (SSSR count). The molecule has 0 spiro atoms. The second-order valence-electron chi connectivity index (χ2n) is 2.66. The molecule has 4 nitrogen and oxygen atoms in total. The number of nitrogens with two attached hydrogens (primary N) is 1.